The maximum absolute atomic E-state index is 14.2. The van der Waals surface area contributed by atoms with Crippen LogP contribution in [0, 0.1) is 16.3 Å². The second-order valence-electron chi connectivity index (χ2n) is 7.21. The maximum atomic E-state index is 14.2. The van der Waals surface area contributed by atoms with Crippen molar-refractivity contribution in [1.29, 1.82) is 0 Å². The van der Waals surface area contributed by atoms with Crippen molar-refractivity contribution in [2.75, 3.05) is 15.5 Å². The van der Waals surface area contributed by atoms with Crippen molar-refractivity contribution in [1.82, 2.24) is 0 Å². The Balaban J connectivity index is 1.56. The topological polar surface area (TPSA) is 78.5 Å². The molecule has 0 aromatic heterocycles. The van der Waals surface area contributed by atoms with Crippen LogP contribution in [0.5, 0.6) is 0 Å². The summed E-state index contributed by atoms with van der Waals surface area (Å²) in [6, 6.07) is 17.5. The van der Waals surface area contributed by atoms with Gasteiger partial charge in [-0.15, -0.1) is 0 Å². The maximum Gasteiger partial charge on any atom is 0.283 e. The number of amides is 3. The minimum atomic E-state index is -0.836. The van der Waals surface area contributed by atoms with Crippen LogP contribution in [0.4, 0.5) is 21.5 Å². The highest BCUT2D eigenvalue weighted by Gasteiger charge is 2.40. The average molecular weight is 576 g/mol. The summed E-state index contributed by atoms with van der Waals surface area (Å²) in [4.78, 5) is 38.8. The Hall–Kier alpha value is -3.24. The first-order valence-electron chi connectivity index (χ1n) is 9.74. The highest BCUT2D eigenvalue weighted by atomic mass is 127. The van der Waals surface area contributed by atoms with Gasteiger partial charge in [0, 0.05) is 20.5 Å². The third-order valence-corrected chi connectivity index (χ3v) is 5.97. The molecule has 1 aliphatic heterocycles. The van der Waals surface area contributed by atoms with Gasteiger partial charge in [0.1, 0.15) is 16.5 Å². The van der Waals surface area contributed by atoms with Gasteiger partial charge in [0.2, 0.25) is 0 Å². The molecule has 0 atom stereocenters. The molecule has 4 rings (SSSR count). The van der Waals surface area contributed by atoms with Crippen LogP contribution in [-0.4, -0.2) is 17.7 Å². The number of anilines is 3. The molecule has 3 aromatic carbocycles. The molecule has 3 amide bonds. The number of benzene rings is 3. The normalized spacial score (nSPS) is 13.5. The summed E-state index contributed by atoms with van der Waals surface area (Å²) >= 11 is 8.31. The van der Waals surface area contributed by atoms with Crippen LogP contribution in [0.25, 0.3) is 0 Å². The van der Waals surface area contributed by atoms with Crippen molar-refractivity contribution < 1.29 is 18.8 Å². The van der Waals surface area contributed by atoms with Crippen molar-refractivity contribution in [3.8, 4) is 0 Å². The average Bonchev–Trinajstić information content (AvgIpc) is 2.99. The van der Waals surface area contributed by atoms with E-state index in [2.05, 4.69) is 33.2 Å². The molecule has 0 spiro atoms. The largest absolute Gasteiger partial charge is 0.350 e. The van der Waals surface area contributed by atoms with Crippen LogP contribution in [-0.2, 0) is 9.59 Å². The lowest BCUT2D eigenvalue weighted by atomic mass is 10.1. The first kappa shape index (κ1) is 22.9. The Labute approximate surface area is 207 Å². The van der Waals surface area contributed by atoms with E-state index in [9.17, 15) is 18.8 Å². The molecular formula is C24H16ClFIN3O3. The summed E-state index contributed by atoms with van der Waals surface area (Å²) in [5.41, 5.74) is 1.91. The van der Waals surface area contributed by atoms with Crippen molar-refractivity contribution in [3.63, 3.8) is 0 Å². The molecule has 166 valence electrons. The molecule has 3 aromatic rings. The first-order chi connectivity index (χ1) is 15.8. The fraction of sp³-hybridized carbons (Fsp3) is 0.0417. The van der Waals surface area contributed by atoms with Crippen molar-refractivity contribution in [3.05, 3.63) is 98.0 Å². The third-order valence-electron chi connectivity index (χ3n) is 4.95. The number of para-hydroxylation sites is 1. The minimum Gasteiger partial charge on any atom is -0.350 e. The predicted octanol–water partition coefficient (Wildman–Crippen LogP) is 5.43. The molecule has 9 heteroatoms. The molecule has 0 radical (unpaired) electrons. The molecule has 0 unspecified atom stereocenters. The first-order valence-corrected chi connectivity index (χ1v) is 11.2. The van der Waals surface area contributed by atoms with E-state index in [-0.39, 0.29) is 22.3 Å². The molecule has 1 heterocycles. The molecule has 2 N–H and O–H groups in total. The molecular weight excluding hydrogens is 560 g/mol. The zero-order valence-electron chi connectivity index (χ0n) is 17.2. The number of hydrogen-bond donors (Lipinski definition) is 2. The van der Waals surface area contributed by atoms with Crippen molar-refractivity contribution >= 4 is 69.0 Å². The van der Waals surface area contributed by atoms with Gasteiger partial charge in [-0.25, -0.2) is 9.29 Å². The Morgan fingerprint density at radius 1 is 1.00 bits per heavy atom. The quantitative estimate of drug-likeness (QED) is 0.314. The Bertz CT molecular complexity index is 1340. The Morgan fingerprint density at radius 2 is 1.76 bits per heavy atom. The van der Waals surface area contributed by atoms with Gasteiger partial charge in [-0.3, -0.25) is 14.4 Å². The second kappa shape index (κ2) is 9.32. The standard InChI is InChI=1S/C24H16ClFIN3O3/c1-13-11-15(27)9-10-18(13)29-22(31)14-5-4-6-16(12-14)28-21-20(25)23(32)30(24(21)33)19-8-3-2-7-17(19)26/h2-12,28H,1H3,(H,29,31). The van der Waals surface area contributed by atoms with E-state index < -0.39 is 17.6 Å². The number of nitrogens with one attached hydrogen (secondary N) is 2. The second-order valence-corrected chi connectivity index (χ2v) is 8.83. The molecule has 6 nitrogen and oxygen atoms in total. The monoisotopic (exact) mass is 575 g/mol. The number of imide groups is 1. The highest BCUT2D eigenvalue weighted by molar-refractivity contribution is 14.1. The molecule has 0 saturated carbocycles. The lowest BCUT2D eigenvalue weighted by Crippen LogP contribution is -2.33. The lowest BCUT2D eigenvalue weighted by Gasteiger charge is -2.15. The van der Waals surface area contributed by atoms with Crippen molar-refractivity contribution in [2.45, 2.75) is 6.92 Å². The predicted molar refractivity (Wildman–Crippen MR) is 134 cm³/mol. The van der Waals surface area contributed by atoms with Gasteiger partial charge in [-0.1, -0.05) is 29.8 Å². The molecule has 1 aliphatic rings. The number of hydrogen-bond acceptors (Lipinski definition) is 4. The van der Waals surface area contributed by atoms with Crippen LogP contribution in [0.3, 0.4) is 0 Å². The lowest BCUT2D eigenvalue weighted by molar-refractivity contribution is -0.120. The number of rotatable bonds is 5. The van der Waals surface area contributed by atoms with Gasteiger partial charge < -0.3 is 10.6 Å². The fourth-order valence-corrected chi connectivity index (χ4v) is 4.17. The van der Waals surface area contributed by atoms with E-state index in [1.165, 1.54) is 24.3 Å². The summed E-state index contributed by atoms with van der Waals surface area (Å²) in [7, 11) is 0. The van der Waals surface area contributed by atoms with Gasteiger partial charge in [0.05, 0.1) is 5.69 Å². The van der Waals surface area contributed by atoms with Crippen LogP contribution < -0.4 is 15.5 Å². The van der Waals surface area contributed by atoms with Crippen LogP contribution in [0.2, 0.25) is 0 Å². The summed E-state index contributed by atoms with van der Waals surface area (Å²) < 4.78 is 15.2. The third kappa shape index (κ3) is 4.62. The van der Waals surface area contributed by atoms with Gasteiger partial charge in [-0.05, 0) is 83.6 Å². The van der Waals surface area contributed by atoms with Crippen LogP contribution >= 0.6 is 34.2 Å². The van der Waals surface area contributed by atoms with E-state index in [0.717, 1.165) is 15.2 Å². The van der Waals surface area contributed by atoms with E-state index in [1.54, 1.807) is 18.2 Å². The van der Waals surface area contributed by atoms with Gasteiger partial charge in [-0.2, -0.15) is 0 Å². The SMILES string of the molecule is Cc1cc(I)ccc1NC(=O)c1cccc(NC2=C(Cl)C(=O)N(c3ccccc3F)C2=O)c1. The van der Waals surface area contributed by atoms with Crippen molar-refractivity contribution in [2.24, 2.45) is 0 Å². The van der Waals surface area contributed by atoms with Crippen LogP contribution in [0.1, 0.15) is 15.9 Å². The number of nitrogens with zero attached hydrogens (tertiary/aromatic N) is 1. The number of halogens is 3. The highest BCUT2D eigenvalue weighted by Crippen LogP contribution is 2.31. The van der Waals surface area contributed by atoms with E-state index >= 15 is 0 Å². The summed E-state index contributed by atoms with van der Waals surface area (Å²) in [5, 5.41) is 5.29. The Kier molecular flexibility index (Phi) is 6.48. The summed E-state index contributed by atoms with van der Waals surface area (Å²) in [6.07, 6.45) is 0. The molecule has 0 fully saturated rings. The molecule has 0 bridgehead atoms. The van der Waals surface area contributed by atoms with E-state index in [1.807, 2.05) is 25.1 Å². The number of carbonyl (C=O) groups is 3. The zero-order chi connectivity index (χ0) is 23.7. The summed E-state index contributed by atoms with van der Waals surface area (Å²) in [6.45, 7) is 1.90. The molecule has 0 aliphatic carbocycles. The van der Waals surface area contributed by atoms with Gasteiger partial charge in [0.25, 0.3) is 17.7 Å². The van der Waals surface area contributed by atoms with Gasteiger partial charge in [0.15, 0.2) is 0 Å². The molecule has 0 saturated heterocycles. The Morgan fingerprint density at radius 3 is 2.48 bits per heavy atom. The van der Waals surface area contributed by atoms with Crippen LogP contribution in [0.15, 0.2) is 77.5 Å². The van der Waals surface area contributed by atoms with E-state index in [4.69, 9.17) is 11.6 Å². The number of aryl methyl sites for hydroxylation is 1. The fourth-order valence-electron chi connectivity index (χ4n) is 3.31. The molecule has 33 heavy (non-hydrogen) atoms. The smallest absolute Gasteiger partial charge is 0.283 e. The zero-order valence-corrected chi connectivity index (χ0v) is 20.1. The minimum absolute atomic E-state index is 0.191. The van der Waals surface area contributed by atoms with Gasteiger partial charge >= 0.3 is 0 Å². The van der Waals surface area contributed by atoms with E-state index in [0.29, 0.717) is 21.8 Å². The number of carbonyl (C=O) groups excluding carboxylic acids is 3. The summed E-state index contributed by atoms with van der Waals surface area (Å²) in [5.74, 6) is -2.70.